The van der Waals surface area contributed by atoms with Crippen molar-refractivity contribution in [3.8, 4) is 0 Å². The zero-order chi connectivity index (χ0) is 19.6. The van der Waals surface area contributed by atoms with Crippen LogP contribution in [-0.4, -0.2) is 34.2 Å². The molecule has 7 nitrogen and oxygen atoms in total. The lowest BCUT2D eigenvalue weighted by atomic mass is 10.1. The van der Waals surface area contributed by atoms with Gasteiger partial charge in [-0.2, -0.15) is 0 Å². The van der Waals surface area contributed by atoms with Gasteiger partial charge in [0.05, 0.1) is 16.9 Å². The largest absolute Gasteiger partial charge is 0.478 e. The average Bonchev–Trinajstić information content (AvgIpc) is 2.63. The van der Waals surface area contributed by atoms with Gasteiger partial charge >= 0.3 is 5.97 Å². The molecule has 9 heteroatoms. The van der Waals surface area contributed by atoms with Gasteiger partial charge in [0, 0.05) is 11.2 Å². The van der Waals surface area contributed by atoms with Crippen molar-refractivity contribution >= 4 is 64.3 Å². The molecule has 1 aliphatic rings. The normalized spacial score (nSPS) is 17.3. The quantitative estimate of drug-likeness (QED) is 0.466. The topological polar surface area (TPSA) is 99.1 Å². The molecule has 1 saturated heterocycles. The minimum Gasteiger partial charge on any atom is -0.478 e. The van der Waals surface area contributed by atoms with Gasteiger partial charge in [-0.1, -0.05) is 11.6 Å². The molecular weight excluding hydrogens is 390 g/mol. The fourth-order valence-electron chi connectivity index (χ4n) is 2.41. The second-order valence-electron chi connectivity index (χ2n) is 5.55. The number of carbonyl (C=O) groups is 3. The summed E-state index contributed by atoms with van der Waals surface area (Å²) in [4.78, 5) is 41.1. The third-order valence-corrected chi connectivity index (χ3v) is 4.31. The average molecular weight is 402 g/mol. The molecule has 1 aliphatic heterocycles. The summed E-state index contributed by atoms with van der Waals surface area (Å²) in [6.07, 6.45) is 1.21. The Labute approximate surface area is 164 Å². The number of hydrogen-bond donors (Lipinski definition) is 2. The highest BCUT2D eigenvalue weighted by Gasteiger charge is 2.38. The summed E-state index contributed by atoms with van der Waals surface area (Å²) in [6, 6.07) is 12.2. The molecule has 2 aromatic rings. The van der Waals surface area contributed by atoms with Crippen molar-refractivity contribution in [2.45, 2.75) is 0 Å². The molecule has 0 aromatic heterocycles. The zero-order valence-electron chi connectivity index (χ0n) is 13.6. The van der Waals surface area contributed by atoms with Crippen LogP contribution in [0.3, 0.4) is 0 Å². The van der Waals surface area contributed by atoms with E-state index in [1.54, 1.807) is 24.3 Å². The van der Waals surface area contributed by atoms with Gasteiger partial charge in [-0.15, -0.1) is 0 Å². The molecule has 2 aromatic carbocycles. The Morgan fingerprint density at radius 2 is 1.78 bits per heavy atom. The van der Waals surface area contributed by atoms with E-state index in [1.807, 2.05) is 0 Å². The van der Waals surface area contributed by atoms with Gasteiger partial charge in [0.2, 0.25) is 5.91 Å². The van der Waals surface area contributed by atoms with Gasteiger partial charge in [-0.3, -0.25) is 19.5 Å². The van der Waals surface area contributed by atoms with Gasteiger partial charge in [0.25, 0.3) is 5.91 Å². The number of halogens is 1. The van der Waals surface area contributed by atoms with Crippen LogP contribution in [0.25, 0.3) is 0 Å². The van der Waals surface area contributed by atoms with Crippen molar-refractivity contribution in [2.24, 2.45) is 10.9 Å². The maximum absolute atomic E-state index is 12.8. The number of amides is 2. The van der Waals surface area contributed by atoms with Crippen molar-refractivity contribution in [2.75, 3.05) is 4.90 Å². The van der Waals surface area contributed by atoms with Gasteiger partial charge in [0.1, 0.15) is 0 Å². The Kier molecular flexibility index (Phi) is 5.29. The van der Waals surface area contributed by atoms with Crippen molar-refractivity contribution in [3.05, 3.63) is 59.1 Å². The van der Waals surface area contributed by atoms with Crippen LogP contribution < -0.4 is 10.2 Å². The van der Waals surface area contributed by atoms with E-state index in [1.165, 1.54) is 35.4 Å². The Morgan fingerprint density at radius 3 is 2.37 bits per heavy atom. The lowest BCUT2D eigenvalue weighted by molar-refractivity contribution is -0.130. The highest BCUT2D eigenvalue weighted by Crippen LogP contribution is 2.23. The summed E-state index contributed by atoms with van der Waals surface area (Å²) in [5, 5.41) is 11.9. The van der Waals surface area contributed by atoms with Crippen LogP contribution in [0.15, 0.2) is 53.5 Å². The molecule has 0 saturated carbocycles. The number of aromatic carboxylic acids is 1. The van der Waals surface area contributed by atoms with Crippen molar-refractivity contribution in [3.63, 3.8) is 0 Å². The molecule has 3 rings (SSSR count). The van der Waals surface area contributed by atoms with Crippen LogP contribution in [0, 0.1) is 5.92 Å². The molecule has 0 unspecified atom stereocenters. The molecule has 2 N–H and O–H groups in total. The number of carbonyl (C=O) groups excluding carboxylic acids is 2. The number of thiocarbonyl (C=S) groups is 1. The first-order valence-corrected chi connectivity index (χ1v) is 8.47. The highest BCUT2D eigenvalue weighted by atomic mass is 35.5. The number of benzene rings is 2. The Morgan fingerprint density at radius 1 is 1.15 bits per heavy atom. The van der Waals surface area contributed by atoms with Crippen LogP contribution in [0.1, 0.15) is 10.4 Å². The zero-order valence-corrected chi connectivity index (χ0v) is 15.2. The number of aliphatic imine (C=N–C) groups is 1. The summed E-state index contributed by atoms with van der Waals surface area (Å²) < 4.78 is 0. The summed E-state index contributed by atoms with van der Waals surface area (Å²) in [5.41, 5.74) is 0.991. The first-order chi connectivity index (χ1) is 12.9. The fraction of sp³-hybridized carbons (Fsp3) is 0.0556. The van der Waals surface area contributed by atoms with E-state index < -0.39 is 23.7 Å². The molecule has 0 aliphatic carbocycles. The molecular formula is C18H12ClN3O4S. The second-order valence-corrected chi connectivity index (χ2v) is 6.38. The van der Waals surface area contributed by atoms with Crippen molar-refractivity contribution in [1.29, 1.82) is 0 Å². The van der Waals surface area contributed by atoms with Crippen LogP contribution in [-0.2, 0) is 9.59 Å². The first-order valence-electron chi connectivity index (χ1n) is 7.69. The van der Waals surface area contributed by atoms with E-state index in [4.69, 9.17) is 28.9 Å². The SMILES string of the molecule is O=C(O)c1ccc(N=C[C@@H]2C(=O)NC(=S)N(c3ccc(Cl)cc3)C2=O)cc1. The number of anilines is 1. The molecule has 2 amide bonds. The van der Waals surface area contributed by atoms with Crippen molar-refractivity contribution < 1.29 is 19.5 Å². The minimum atomic E-state index is -1.17. The Bertz CT molecular complexity index is 958. The number of carboxylic acids is 1. The lowest BCUT2D eigenvalue weighted by Gasteiger charge is -2.30. The monoisotopic (exact) mass is 401 g/mol. The number of hydrogen-bond acceptors (Lipinski definition) is 5. The number of carboxylic acid groups (broad SMARTS) is 1. The molecule has 27 heavy (non-hydrogen) atoms. The van der Waals surface area contributed by atoms with Crippen LogP contribution in [0.2, 0.25) is 5.02 Å². The van der Waals surface area contributed by atoms with Gasteiger partial charge < -0.3 is 10.4 Å². The summed E-state index contributed by atoms with van der Waals surface area (Å²) in [6.45, 7) is 0. The second kappa shape index (κ2) is 7.65. The van der Waals surface area contributed by atoms with E-state index in [2.05, 4.69) is 10.3 Å². The van der Waals surface area contributed by atoms with Crippen LogP contribution >= 0.6 is 23.8 Å². The minimum absolute atomic E-state index is 0.0252. The van der Waals surface area contributed by atoms with E-state index in [-0.39, 0.29) is 10.7 Å². The predicted molar refractivity (Wildman–Crippen MR) is 105 cm³/mol. The molecule has 0 spiro atoms. The maximum Gasteiger partial charge on any atom is 0.335 e. The molecule has 1 fully saturated rings. The van der Waals surface area contributed by atoms with Gasteiger partial charge in [-0.05, 0) is 60.7 Å². The van der Waals surface area contributed by atoms with Gasteiger partial charge in [-0.25, -0.2) is 4.79 Å². The lowest BCUT2D eigenvalue weighted by Crippen LogP contribution is -2.58. The van der Waals surface area contributed by atoms with E-state index >= 15 is 0 Å². The first kappa shape index (κ1) is 18.7. The van der Waals surface area contributed by atoms with Gasteiger partial charge in [0.15, 0.2) is 11.0 Å². The van der Waals surface area contributed by atoms with Crippen LogP contribution in [0.4, 0.5) is 11.4 Å². The summed E-state index contributed by atoms with van der Waals surface area (Å²) in [5.74, 6) is -3.36. The third kappa shape index (κ3) is 4.02. The molecule has 0 bridgehead atoms. The van der Waals surface area contributed by atoms with Crippen molar-refractivity contribution in [1.82, 2.24) is 5.32 Å². The summed E-state index contributed by atoms with van der Waals surface area (Å²) in [7, 11) is 0. The fourth-order valence-corrected chi connectivity index (χ4v) is 2.83. The predicted octanol–water partition coefficient (Wildman–Crippen LogP) is 2.80. The molecule has 1 heterocycles. The maximum atomic E-state index is 12.8. The number of nitrogens with one attached hydrogen (secondary N) is 1. The van der Waals surface area contributed by atoms with Crippen LogP contribution in [0.5, 0.6) is 0 Å². The highest BCUT2D eigenvalue weighted by molar-refractivity contribution is 7.80. The van der Waals surface area contributed by atoms with E-state index in [0.717, 1.165) is 0 Å². The van der Waals surface area contributed by atoms with E-state index in [0.29, 0.717) is 16.4 Å². The molecule has 0 radical (unpaired) electrons. The Balaban J connectivity index is 1.84. The summed E-state index contributed by atoms with van der Waals surface area (Å²) >= 11 is 11.0. The number of nitrogens with zero attached hydrogens (tertiary/aromatic N) is 2. The standard InChI is InChI=1S/C18H12ClN3O4S/c19-11-3-7-13(8-4-11)22-16(24)14(15(23)21-18(22)27)9-20-12-5-1-10(2-6-12)17(25)26/h1-9,14H,(H,25,26)(H,21,23,27)/t14-/m1/s1. The number of rotatable bonds is 4. The molecule has 1 atom stereocenters. The molecule has 136 valence electrons. The third-order valence-electron chi connectivity index (χ3n) is 3.77. The smallest absolute Gasteiger partial charge is 0.335 e. The van der Waals surface area contributed by atoms with E-state index in [9.17, 15) is 14.4 Å². The Hall–Kier alpha value is -3.10.